The van der Waals surface area contributed by atoms with Gasteiger partial charge in [-0.05, 0) is 32.4 Å². The van der Waals surface area contributed by atoms with E-state index in [1.54, 1.807) is 31.2 Å². The number of hydrogen-bond donors (Lipinski definition) is 1. The number of imidazole rings is 1. The number of nitrogens with zero attached hydrogens (tertiary/aromatic N) is 3. The van der Waals surface area contributed by atoms with E-state index in [0.29, 0.717) is 11.3 Å². The van der Waals surface area contributed by atoms with Gasteiger partial charge in [0.2, 0.25) is 0 Å². The molecule has 1 aliphatic heterocycles. The van der Waals surface area contributed by atoms with E-state index < -0.39 is 6.10 Å². The maximum absolute atomic E-state index is 12.4. The molecule has 0 saturated carbocycles. The minimum atomic E-state index is -0.662. The lowest BCUT2D eigenvalue weighted by molar-refractivity contribution is -0.128. The van der Waals surface area contributed by atoms with Crippen molar-refractivity contribution in [1.29, 1.82) is 5.26 Å². The van der Waals surface area contributed by atoms with Gasteiger partial charge in [-0.1, -0.05) is 12.1 Å². The summed E-state index contributed by atoms with van der Waals surface area (Å²) >= 11 is 0. The minimum absolute atomic E-state index is 0.0656. The highest BCUT2D eigenvalue weighted by Gasteiger charge is 2.24. The average molecular weight is 324 g/mol. The van der Waals surface area contributed by atoms with E-state index in [0.717, 1.165) is 30.9 Å². The Labute approximate surface area is 141 Å². The van der Waals surface area contributed by atoms with E-state index in [9.17, 15) is 4.79 Å². The largest absolute Gasteiger partial charge is 0.480 e. The van der Waals surface area contributed by atoms with E-state index in [1.807, 2.05) is 13.1 Å². The van der Waals surface area contributed by atoms with E-state index in [2.05, 4.69) is 20.9 Å². The second kappa shape index (κ2) is 6.75. The van der Waals surface area contributed by atoms with Gasteiger partial charge in [-0.25, -0.2) is 4.98 Å². The molecule has 1 aromatic carbocycles. The first-order valence-corrected chi connectivity index (χ1v) is 8.05. The number of hydrogen-bond acceptors (Lipinski definition) is 4. The lowest BCUT2D eigenvalue weighted by Crippen LogP contribution is -2.46. The maximum Gasteiger partial charge on any atom is 0.261 e. The Morgan fingerprint density at radius 1 is 1.50 bits per heavy atom. The fourth-order valence-electron chi connectivity index (χ4n) is 2.93. The Bertz CT molecular complexity index is 791. The zero-order valence-electron chi connectivity index (χ0n) is 13.8. The topological polar surface area (TPSA) is 79.9 Å². The normalized spacial score (nSPS) is 17.5. The fraction of sp³-hybridized carbons (Fsp3) is 0.389. The molecule has 24 heavy (non-hydrogen) atoms. The van der Waals surface area contributed by atoms with E-state index in [1.165, 1.54) is 0 Å². The number of amides is 1. The predicted molar refractivity (Wildman–Crippen MR) is 88.5 cm³/mol. The molecule has 1 aromatic heterocycles. The van der Waals surface area contributed by atoms with Crippen molar-refractivity contribution in [3.8, 4) is 11.8 Å². The summed E-state index contributed by atoms with van der Waals surface area (Å²) in [6.07, 6.45) is 3.07. The quantitative estimate of drug-likeness (QED) is 0.932. The van der Waals surface area contributed by atoms with Crippen molar-refractivity contribution in [2.75, 3.05) is 0 Å². The van der Waals surface area contributed by atoms with Gasteiger partial charge >= 0.3 is 0 Å². The number of nitrogens with one attached hydrogen (secondary N) is 1. The fourth-order valence-corrected chi connectivity index (χ4v) is 2.93. The maximum atomic E-state index is 12.4. The summed E-state index contributed by atoms with van der Waals surface area (Å²) in [6.45, 7) is 4.39. The second-order valence-electron chi connectivity index (χ2n) is 6.06. The van der Waals surface area contributed by atoms with Crippen LogP contribution < -0.4 is 10.1 Å². The minimum Gasteiger partial charge on any atom is -0.480 e. The lowest BCUT2D eigenvalue weighted by atomic mass is 10.1. The number of aryl methyl sites for hydroxylation is 2. The molecule has 6 nitrogen and oxygen atoms in total. The standard InChI is InChI=1S/C18H20N4O2/c1-12-10-22-11-15(7-8-17(22)20-12)21-18(23)13(2)24-16-6-4-3-5-14(16)9-19/h3-6,10,13,15H,7-8,11H2,1-2H3,(H,21,23)/t13-,15-/m1/s1. The number of benzene rings is 1. The van der Waals surface area contributed by atoms with Crippen molar-refractivity contribution in [1.82, 2.24) is 14.9 Å². The molecule has 0 bridgehead atoms. The molecule has 0 spiro atoms. The van der Waals surface area contributed by atoms with Crippen LogP contribution in [0.1, 0.15) is 30.4 Å². The SMILES string of the molecule is Cc1cn2c(n1)CC[C@@H](NC(=O)[C@@H](C)Oc1ccccc1C#N)C2. The monoisotopic (exact) mass is 324 g/mol. The highest BCUT2D eigenvalue weighted by molar-refractivity contribution is 5.81. The van der Waals surface area contributed by atoms with E-state index >= 15 is 0 Å². The first-order valence-electron chi connectivity index (χ1n) is 8.05. The van der Waals surface area contributed by atoms with Crippen molar-refractivity contribution < 1.29 is 9.53 Å². The van der Waals surface area contributed by atoms with Crippen molar-refractivity contribution in [2.45, 2.75) is 45.4 Å². The number of nitriles is 1. The van der Waals surface area contributed by atoms with Gasteiger partial charge in [0.1, 0.15) is 17.6 Å². The van der Waals surface area contributed by atoms with Crippen LogP contribution in [0.4, 0.5) is 0 Å². The smallest absolute Gasteiger partial charge is 0.261 e. The molecule has 2 atom stereocenters. The van der Waals surface area contributed by atoms with Gasteiger partial charge in [0.25, 0.3) is 5.91 Å². The van der Waals surface area contributed by atoms with E-state index in [-0.39, 0.29) is 11.9 Å². The van der Waals surface area contributed by atoms with Crippen molar-refractivity contribution in [3.63, 3.8) is 0 Å². The Balaban J connectivity index is 1.60. The van der Waals surface area contributed by atoms with E-state index in [4.69, 9.17) is 10.00 Å². The van der Waals surface area contributed by atoms with Crippen LogP contribution in [0.2, 0.25) is 0 Å². The molecule has 0 saturated heterocycles. The van der Waals surface area contributed by atoms with Crippen molar-refractivity contribution >= 4 is 5.91 Å². The first-order chi connectivity index (χ1) is 11.6. The van der Waals surface area contributed by atoms with Crippen molar-refractivity contribution in [3.05, 3.63) is 47.5 Å². The molecule has 0 unspecified atom stereocenters. The number of fused-ring (bicyclic) bond motifs is 1. The molecule has 3 rings (SSSR count). The first kappa shape index (κ1) is 16.1. The Kier molecular flexibility index (Phi) is 4.52. The molecule has 0 radical (unpaired) electrons. The van der Waals surface area contributed by atoms with Crippen LogP contribution in [0.15, 0.2) is 30.5 Å². The number of ether oxygens (including phenoxy) is 1. The summed E-state index contributed by atoms with van der Waals surface area (Å²) in [5, 5.41) is 12.1. The highest BCUT2D eigenvalue weighted by Crippen LogP contribution is 2.19. The number of aromatic nitrogens is 2. The van der Waals surface area contributed by atoms with Gasteiger partial charge in [0.15, 0.2) is 6.10 Å². The van der Waals surface area contributed by atoms with Crippen LogP contribution in [0.5, 0.6) is 5.75 Å². The van der Waals surface area contributed by atoms with Gasteiger partial charge in [0, 0.05) is 25.2 Å². The molecule has 1 aliphatic rings. The number of carbonyl (C=O) groups is 1. The van der Waals surface area contributed by atoms with Crippen LogP contribution in [0, 0.1) is 18.3 Å². The van der Waals surface area contributed by atoms with Gasteiger partial charge < -0.3 is 14.6 Å². The zero-order chi connectivity index (χ0) is 17.1. The van der Waals surface area contributed by atoms with Crippen molar-refractivity contribution in [2.24, 2.45) is 0 Å². The summed E-state index contributed by atoms with van der Waals surface area (Å²) in [6, 6.07) is 9.05. The molecular formula is C18H20N4O2. The van der Waals surface area contributed by atoms with Crippen LogP contribution in [-0.2, 0) is 17.8 Å². The summed E-state index contributed by atoms with van der Waals surface area (Å²) in [4.78, 5) is 16.9. The third-order valence-corrected chi connectivity index (χ3v) is 4.14. The lowest BCUT2D eigenvalue weighted by Gasteiger charge is -2.26. The molecule has 2 aromatic rings. The summed E-state index contributed by atoms with van der Waals surface area (Å²) < 4.78 is 7.76. The summed E-state index contributed by atoms with van der Waals surface area (Å²) in [5.41, 5.74) is 1.43. The second-order valence-corrected chi connectivity index (χ2v) is 6.06. The van der Waals surface area contributed by atoms with Gasteiger partial charge in [-0.15, -0.1) is 0 Å². The molecule has 0 fully saturated rings. The van der Waals surface area contributed by atoms with Gasteiger partial charge in [0.05, 0.1) is 11.3 Å². The van der Waals surface area contributed by atoms with Crippen LogP contribution >= 0.6 is 0 Å². The average Bonchev–Trinajstić information content (AvgIpc) is 2.94. The molecule has 2 heterocycles. The van der Waals surface area contributed by atoms with Crippen LogP contribution in [0.3, 0.4) is 0 Å². The number of carbonyl (C=O) groups excluding carboxylic acids is 1. The molecule has 124 valence electrons. The van der Waals surface area contributed by atoms with Crippen LogP contribution in [0.25, 0.3) is 0 Å². The molecule has 1 amide bonds. The van der Waals surface area contributed by atoms with Gasteiger partial charge in [-0.3, -0.25) is 4.79 Å². The summed E-state index contributed by atoms with van der Waals surface area (Å²) in [5.74, 6) is 1.33. The molecule has 1 N–H and O–H groups in total. The van der Waals surface area contributed by atoms with Gasteiger partial charge in [-0.2, -0.15) is 5.26 Å². The predicted octanol–water partition coefficient (Wildman–Crippen LogP) is 1.96. The number of para-hydroxylation sites is 1. The third kappa shape index (κ3) is 3.40. The molecular weight excluding hydrogens is 304 g/mol. The van der Waals surface area contributed by atoms with Crippen LogP contribution in [-0.4, -0.2) is 27.6 Å². The number of rotatable bonds is 4. The zero-order valence-corrected chi connectivity index (χ0v) is 13.8. The third-order valence-electron chi connectivity index (χ3n) is 4.14. The Morgan fingerprint density at radius 2 is 2.29 bits per heavy atom. The molecule has 6 heteroatoms. The Morgan fingerprint density at radius 3 is 3.08 bits per heavy atom. The highest BCUT2D eigenvalue weighted by atomic mass is 16.5. The Hall–Kier alpha value is -2.81. The summed E-state index contributed by atoms with van der Waals surface area (Å²) in [7, 11) is 0. The molecule has 0 aliphatic carbocycles.